The minimum atomic E-state index is -0.805. The van der Waals surface area contributed by atoms with Crippen molar-refractivity contribution in [2.45, 2.75) is 18.9 Å². The highest BCUT2D eigenvalue weighted by Gasteiger charge is 2.20. The van der Waals surface area contributed by atoms with Crippen molar-refractivity contribution in [2.75, 3.05) is 16.8 Å². The van der Waals surface area contributed by atoms with Crippen LogP contribution in [0.2, 0.25) is 0 Å². The van der Waals surface area contributed by atoms with Crippen LogP contribution in [0, 0.1) is 23.0 Å². The van der Waals surface area contributed by atoms with E-state index in [0.717, 1.165) is 12.1 Å². The highest BCUT2D eigenvalue weighted by molar-refractivity contribution is 7.85. The van der Waals surface area contributed by atoms with Crippen LogP contribution in [0.1, 0.15) is 18.4 Å². The van der Waals surface area contributed by atoms with E-state index in [1.165, 1.54) is 0 Å². The smallest absolute Gasteiger partial charge is 0.150 e. The molecule has 1 aromatic carbocycles. The number of hydrogen-bond donors (Lipinski definition) is 1. The topological polar surface area (TPSA) is 52.9 Å². The van der Waals surface area contributed by atoms with Gasteiger partial charge in [-0.1, -0.05) is 0 Å². The molecule has 1 heterocycles. The van der Waals surface area contributed by atoms with E-state index in [9.17, 15) is 13.0 Å². The highest BCUT2D eigenvalue weighted by Crippen LogP contribution is 2.23. The molecule has 1 fully saturated rings. The summed E-state index contributed by atoms with van der Waals surface area (Å²) < 4.78 is 38.4. The second-order valence-corrected chi connectivity index (χ2v) is 5.89. The van der Waals surface area contributed by atoms with Crippen LogP contribution < -0.4 is 5.32 Å². The Morgan fingerprint density at radius 1 is 1.28 bits per heavy atom. The normalized spacial score (nSPS) is 23.4. The van der Waals surface area contributed by atoms with Crippen LogP contribution in [0.25, 0.3) is 0 Å². The van der Waals surface area contributed by atoms with Gasteiger partial charge in [0, 0.05) is 28.3 Å². The van der Waals surface area contributed by atoms with Gasteiger partial charge in [-0.15, -0.1) is 0 Å². The highest BCUT2D eigenvalue weighted by atomic mass is 32.2. The van der Waals surface area contributed by atoms with Crippen LogP contribution in [0.5, 0.6) is 0 Å². The molecule has 3 nitrogen and oxygen atoms in total. The van der Waals surface area contributed by atoms with Gasteiger partial charge in [-0.25, -0.2) is 8.78 Å². The van der Waals surface area contributed by atoms with Crippen LogP contribution in [0.4, 0.5) is 14.5 Å². The first kappa shape index (κ1) is 13.0. The quantitative estimate of drug-likeness (QED) is 0.896. The number of benzene rings is 1. The zero-order valence-electron chi connectivity index (χ0n) is 9.58. The molecule has 1 saturated heterocycles. The standard InChI is InChI=1S/C12H12F2N2OS/c13-10-5-8(7-15)6-11(14)12(10)16-9-1-3-18(17)4-2-9/h5-6,9,16H,1-4H2. The number of halogens is 2. The lowest BCUT2D eigenvalue weighted by molar-refractivity contribution is 0.570. The van der Waals surface area contributed by atoms with Crippen molar-refractivity contribution < 1.29 is 13.0 Å². The number of nitrogens with zero attached hydrogens (tertiary/aromatic N) is 1. The molecule has 96 valence electrons. The van der Waals surface area contributed by atoms with Crippen molar-refractivity contribution in [1.82, 2.24) is 0 Å². The molecule has 6 heteroatoms. The molecule has 0 unspecified atom stereocenters. The Hall–Kier alpha value is -1.48. The van der Waals surface area contributed by atoms with E-state index in [1.54, 1.807) is 6.07 Å². The molecular weight excluding hydrogens is 258 g/mol. The molecule has 2 rings (SSSR count). The second kappa shape index (κ2) is 5.44. The van der Waals surface area contributed by atoms with Crippen LogP contribution in [0.3, 0.4) is 0 Å². The molecule has 0 atom stereocenters. The molecule has 0 spiro atoms. The van der Waals surface area contributed by atoms with Gasteiger partial charge in [0.2, 0.25) is 0 Å². The minimum Gasteiger partial charge on any atom is -0.377 e. The van der Waals surface area contributed by atoms with Gasteiger partial charge >= 0.3 is 0 Å². The van der Waals surface area contributed by atoms with Crippen molar-refractivity contribution in [3.05, 3.63) is 29.3 Å². The molecule has 0 bridgehead atoms. The van der Waals surface area contributed by atoms with Crippen LogP contribution in [-0.4, -0.2) is 21.8 Å². The van der Waals surface area contributed by atoms with Crippen molar-refractivity contribution in [3.8, 4) is 6.07 Å². The number of anilines is 1. The number of nitriles is 1. The fraction of sp³-hybridized carbons (Fsp3) is 0.417. The predicted molar refractivity (Wildman–Crippen MR) is 65.6 cm³/mol. The van der Waals surface area contributed by atoms with Crippen molar-refractivity contribution in [2.24, 2.45) is 0 Å². The number of rotatable bonds is 2. The van der Waals surface area contributed by atoms with Gasteiger partial charge in [-0.2, -0.15) is 5.26 Å². The number of hydrogen-bond acceptors (Lipinski definition) is 3. The van der Waals surface area contributed by atoms with Gasteiger partial charge in [0.1, 0.15) is 5.69 Å². The second-order valence-electron chi connectivity index (χ2n) is 4.19. The van der Waals surface area contributed by atoms with Gasteiger partial charge in [0.05, 0.1) is 11.6 Å². The van der Waals surface area contributed by atoms with E-state index in [0.29, 0.717) is 24.3 Å². The van der Waals surface area contributed by atoms with E-state index in [4.69, 9.17) is 5.26 Å². The Morgan fingerprint density at radius 3 is 2.33 bits per heavy atom. The fourth-order valence-corrected chi connectivity index (χ4v) is 3.22. The summed E-state index contributed by atoms with van der Waals surface area (Å²) in [4.78, 5) is 0. The van der Waals surface area contributed by atoms with Crippen molar-refractivity contribution in [1.29, 1.82) is 5.26 Å². The molecule has 0 saturated carbocycles. The van der Waals surface area contributed by atoms with Crippen molar-refractivity contribution >= 4 is 16.5 Å². The van der Waals surface area contributed by atoms with E-state index in [2.05, 4.69) is 5.32 Å². The maximum Gasteiger partial charge on any atom is 0.150 e. The van der Waals surface area contributed by atoms with E-state index in [-0.39, 0.29) is 17.3 Å². The summed E-state index contributed by atoms with van der Waals surface area (Å²) in [6.45, 7) is 0. The Morgan fingerprint density at radius 2 is 1.83 bits per heavy atom. The molecular formula is C12H12F2N2OS. The van der Waals surface area contributed by atoms with E-state index < -0.39 is 22.4 Å². The van der Waals surface area contributed by atoms with Gasteiger partial charge in [0.15, 0.2) is 11.6 Å². The third kappa shape index (κ3) is 2.85. The van der Waals surface area contributed by atoms with Crippen LogP contribution >= 0.6 is 0 Å². The zero-order valence-corrected chi connectivity index (χ0v) is 10.4. The van der Waals surface area contributed by atoms with Crippen molar-refractivity contribution in [3.63, 3.8) is 0 Å². The molecule has 0 radical (unpaired) electrons. The molecule has 18 heavy (non-hydrogen) atoms. The molecule has 1 N–H and O–H groups in total. The number of nitrogens with one attached hydrogen (secondary N) is 1. The first-order valence-electron chi connectivity index (χ1n) is 5.61. The third-order valence-corrected chi connectivity index (χ3v) is 4.29. The molecule has 1 aromatic rings. The monoisotopic (exact) mass is 270 g/mol. The van der Waals surface area contributed by atoms with Gasteiger partial charge < -0.3 is 5.32 Å². The predicted octanol–water partition coefficient (Wildman–Crippen LogP) is 2.16. The molecule has 0 aromatic heterocycles. The first-order chi connectivity index (χ1) is 8.60. The van der Waals surface area contributed by atoms with Crippen LogP contribution in [-0.2, 0) is 10.8 Å². The third-order valence-electron chi connectivity index (χ3n) is 2.91. The fourth-order valence-electron chi connectivity index (χ4n) is 1.92. The summed E-state index contributed by atoms with van der Waals surface area (Å²) >= 11 is 0. The minimum absolute atomic E-state index is 0.0414. The average Bonchev–Trinajstić information content (AvgIpc) is 2.35. The van der Waals surface area contributed by atoms with E-state index >= 15 is 0 Å². The first-order valence-corrected chi connectivity index (χ1v) is 7.09. The lowest BCUT2D eigenvalue weighted by atomic mass is 10.1. The Kier molecular flexibility index (Phi) is 3.92. The molecule has 1 aliphatic heterocycles. The van der Waals surface area contributed by atoms with Gasteiger partial charge in [0.25, 0.3) is 0 Å². The SMILES string of the molecule is N#Cc1cc(F)c(NC2CCS(=O)CC2)c(F)c1. The molecule has 0 aliphatic carbocycles. The largest absolute Gasteiger partial charge is 0.377 e. The zero-order chi connectivity index (χ0) is 13.1. The summed E-state index contributed by atoms with van der Waals surface area (Å²) in [6, 6.07) is 3.64. The summed E-state index contributed by atoms with van der Waals surface area (Å²) in [5.74, 6) is -0.426. The Bertz CT molecular complexity index is 494. The van der Waals surface area contributed by atoms with Crippen LogP contribution in [0.15, 0.2) is 12.1 Å². The maximum atomic E-state index is 13.6. The summed E-state index contributed by atoms with van der Waals surface area (Å²) in [7, 11) is -0.805. The average molecular weight is 270 g/mol. The lowest BCUT2D eigenvalue weighted by Gasteiger charge is -2.24. The van der Waals surface area contributed by atoms with Gasteiger partial charge in [-0.05, 0) is 25.0 Å². The molecule has 0 amide bonds. The van der Waals surface area contributed by atoms with E-state index in [1.807, 2.05) is 0 Å². The summed E-state index contributed by atoms with van der Waals surface area (Å²) in [6.07, 6.45) is 1.26. The summed E-state index contributed by atoms with van der Waals surface area (Å²) in [5, 5.41) is 11.4. The summed E-state index contributed by atoms with van der Waals surface area (Å²) in [5.41, 5.74) is -0.244. The Labute approximate surface area is 106 Å². The lowest BCUT2D eigenvalue weighted by Crippen LogP contribution is -2.30. The molecule has 1 aliphatic rings. The maximum absolute atomic E-state index is 13.6. The van der Waals surface area contributed by atoms with Gasteiger partial charge in [-0.3, -0.25) is 4.21 Å². The Balaban J connectivity index is 2.14.